The molecule has 0 radical (unpaired) electrons. The molecule has 1 aromatic heterocycles. The van der Waals surface area contributed by atoms with E-state index in [0.717, 1.165) is 24.6 Å². The Morgan fingerprint density at radius 2 is 1.90 bits per heavy atom. The molecule has 7 heteroatoms. The maximum Gasteiger partial charge on any atom is 0.237 e. The average Bonchev–Trinajstić information content (AvgIpc) is 3.14. The first-order valence-corrected chi connectivity index (χ1v) is 10.7. The van der Waals surface area contributed by atoms with Crippen LogP contribution in [0.4, 0.5) is 0 Å². The van der Waals surface area contributed by atoms with E-state index in [4.69, 9.17) is 5.73 Å². The molecule has 1 amide bonds. The predicted octanol–water partition coefficient (Wildman–Crippen LogP) is 4.51. The third kappa shape index (κ3) is 8.66. The van der Waals surface area contributed by atoms with Crippen LogP contribution < -0.4 is 11.1 Å². The van der Waals surface area contributed by atoms with Crippen LogP contribution in [0.15, 0.2) is 42.9 Å². The Balaban J connectivity index is 0.00000225. The number of carbonyl (C=O) groups excluding carboxylic acids is 1. The van der Waals surface area contributed by atoms with Gasteiger partial charge in [-0.3, -0.25) is 4.79 Å². The highest BCUT2D eigenvalue weighted by molar-refractivity contribution is 5.85. The number of aromatic nitrogens is 2. The van der Waals surface area contributed by atoms with Crippen molar-refractivity contribution >= 4 is 30.7 Å². The molecule has 0 saturated heterocycles. The van der Waals surface area contributed by atoms with E-state index in [2.05, 4.69) is 29.4 Å². The summed E-state index contributed by atoms with van der Waals surface area (Å²) in [5, 5.41) is 3.09. The maximum atomic E-state index is 12.4. The summed E-state index contributed by atoms with van der Waals surface area (Å²) in [6.45, 7) is 2.86. The fourth-order valence-corrected chi connectivity index (χ4v) is 4.09. The quantitative estimate of drug-likeness (QED) is 0.584. The molecule has 3 rings (SSSR count). The second-order valence-corrected chi connectivity index (χ2v) is 8.32. The molecule has 1 aliphatic rings. The molecule has 1 heterocycles. The number of halogens is 2. The number of benzene rings is 1. The number of nitrogens with zero attached hydrogens (tertiary/aromatic N) is 2. The van der Waals surface area contributed by atoms with Gasteiger partial charge in [0.25, 0.3) is 0 Å². The standard InChI is InChI=1S/C23H34N4O.2ClH/c1-18(12-13-19-8-4-2-5-9-19)26-23(28)22(24)14-21-16-27(17-25-21)15-20-10-6-3-7-11-20;;/h3,6-7,10-11,16-19,22H,2,4-5,8-9,12-15,24H2,1H3,(H,26,28);2*1H/t18?,22-;;/m0../s1. The van der Waals surface area contributed by atoms with Crippen LogP contribution in [0.2, 0.25) is 0 Å². The lowest BCUT2D eigenvalue weighted by atomic mass is 9.85. The number of nitrogens with one attached hydrogen (secondary N) is 1. The van der Waals surface area contributed by atoms with Gasteiger partial charge in [0, 0.05) is 25.2 Å². The van der Waals surface area contributed by atoms with Crippen LogP contribution >= 0.6 is 24.8 Å². The minimum absolute atomic E-state index is 0. The summed E-state index contributed by atoms with van der Waals surface area (Å²) in [6.07, 6.45) is 13.3. The van der Waals surface area contributed by atoms with Gasteiger partial charge in [-0.1, -0.05) is 62.4 Å². The third-order valence-corrected chi connectivity index (χ3v) is 5.78. The van der Waals surface area contributed by atoms with Crippen molar-refractivity contribution in [1.29, 1.82) is 0 Å². The average molecular weight is 455 g/mol. The van der Waals surface area contributed by atoms with Crippen molar-refractivity contribution in [3.63, 3.8) is 0 Å². The first-order chi connectivity index (χ1) is 13.6. The lowest BCUT2D eigenvalue weighted by Crippen LogP contribution is -2.45. The van der Waals surface area contributed by atoms with Gasteiger partial charge in [-0.2, -0.15) is 0 Å². The van der Waals surface area contributed by atoms with E-state index in [1.807, 2.05) is 29.0 Å². The molecule has 3 N–H and O–H groups in total. The molecule has 1 unspecified atom stereocenters. The van der Waals surface area contributed by atoms with Crippen molar-refractivity contribution < 1.29 is 4.79 Å². The van der Waals surface area contributed by atoms with E-state index in [1.54, 1.807) is 6.33 Å². The first-order valence-electron chi connectivity index (χ1n) is 10.7. The Hall–Kier alpha value is -1.56. The summed E-state index contributed by atoms with van der Waals surface area (Å²) in [5.41, 5.74) is 8.21. The molecule has 30 heavy (non-hydrogen) atoms. The lowest BCUT2D eigenvalue weighted by Gasteiger charge is -2.23. The summed E-state index contributed by atoms with van der Waals surface area (Å²) in [7, 11) is 0. The highest BCUT2D eigenvalue weighted by Crippen LogP contribution is 2.27. The molecule has 0 bridgehead atoms. The van der Waals surface area contributed by atoms with Crippen LogP contribution in [0.25, 0.3) is 0 Å². The zero-order valence-electron chi connectivity index (χ0n) is 17.8. The van der Waals surface area contributed by atoms with E-state index in [9.17, 15) is 4.79 Å². The molecular weight excluding hydrogens is 419 g/mol. The second-order valence-electron chi connectivity index (χ2n) is 8.32. The fraction of sp³-hybridized carbons (Fsp3) is 0.565. The van der Waals surface area contributed by atoms with Crippen LogP contribution in [-0.4, -0.2) is 27.5 Å². The van der Waals surface area contributed by atoms with Crippen molar-refractivity contribution in [1.82, 2.24) is 14.9 Å². The Kier molecular flexibility index (Phi) is 12.1. The van der Waals surface area contributed by atoms with Gasteiger partial charge in [0.15, 0.2) is 0 Å². The van der Waals surface area contributed by atoms with E-state index in [-0.39, 0.29) is 36.8 Å². The van der Waals surface area contributed by atoms with Crippen LogP contribution in [-0.2, 0) is 17.8 Å². The Bertz CT molecular complexity index is 732. The Labute approximate surface area is 193 Å². The van der Waals surface area contributed by atoms with E-state index < -0.39 is 6.04 Å². The van der Waals surface area contributed by atoms with Crippen LogP contribution in [0.3, 0.4) is 0 Å². The Morgan fingerprint density at radius 1 is 1.20 bits per heavy atom. The van der Waals surface area contributed by atoms with Crippen LogP contribution in [0.5, 0.6) is 0 Å². The normalized spacial score (nSPS) is 16.1. The number of hydrogen-bond acceptors (Lipinski definition) is 3. The summed E-state index contributed by atoms with van der Waals surface area (Å²) < 4.78 is 2.03. The molecule has 2 aromatic rings. The molecule has 1 aliphatic carbocycles. The zero-order chi connectivity index (χ0) is 19.8. The van der Waals surface area contributed by atoms with Gasteiger partial charge in [0.1, 0.15) is 0 Å². The first kappa shape index (κ1) is 26.5. The minimum Gasteiger partial charge on any atom is -0.352 e. The van der Waals surface area contributed by atoms with Crippen LogP contribution in [0, 0.1) is 5.92 Å². The molecule has 1 saturated carbocycles. The summed E-state index contributed by atoms with van der Waals surface area (Å²) in [6, 6.07) is 9.87. The van der Waals surface area contributed by atoms with Gasteiger partial charge < -0.3 is 15.6 Å². The largest absolute Gasteiger partial charge is 0.352 e. The SMILES string of the molecule is CC(CCC1CCCCC1)NC(=O)[C@@H](N)Cc1cn(Cc2ccccc2)cn1.Cl.Cl. The van der Waals surface area contributed by atoms with Gasteiger partial charge in [0.05, 0.1) is 18.1 Å². The number of nitrogens with two attached hydrogens (primary N) is 1. The van der Waals surface area contributed by atoms with Gasteiger partial charge in [-0.25, -0.2) is 4.98 Å². The van der Waals surface area contributed by atoms with Gasteiger partial charge in [-0.05, 0) is 31.2 Å². The smallest absolute Gasteiger partial charge is 0.237 e. The molecule has 0 aliphatic heterocycles. The van der Waals surface area contributed by atoms with E-state index >= 15 is 0 Å². The third-order valence-electron chi connectivity index (χ3n) is 5.78. The van der Waals surface area contributed by atoms with Gasteiger partial charge >= 0.3 is 0 Å². The molecule has 1 fully saturated rings. The number of amides is 1. The highest BCUT2D eigenvalue weighted by atomic mass is 35.5. The number of hydrogen-bond donors (Lipinski definition) is 2. The van der Waals surface area contributed by atoms with E-state index in [0.29, 0.717) is 6.42 Å². The fourth-order valence-electron chi connectivity index (χ4n) is 4.09. The number of carbonyl (C=O) groups is 1. The van der Waals surface area contributed by atoms with Crippen molar-refractivity contribution in [2.45, 2.75) is 76.9 Å². The predicted molar refractivity (Wildman–Crippen MR) is 127 cm³/mol. The van der Waals surface area contributed by atoms with Crippen molar-refractivity contribution in [3.05, 3.63) is 54.1 Å². The summed E-state index contributed by atoms with van der Waals surface area (Å²) >= 11 is 0. The van der Waals surface area contributed by atoms with Gasteiger partial charge in [0.2, 0.25) is 5.91 Å². The number of rotatable bonds is 9. The van der Waals surface area contributed by atoms with Crippen molar-refractivity contribution in [3.8, 4) is 0 Å². The monoisotopic (exact) mass is 454 g/mol. The molecular formula is C23H36Cl2N4O. The second kappa shape index (κ2) is 13.7. The molecule has 1 aromatic carbocycles. The van der Waals surface area contributed by atoms with E-state index in [1.165, 1.54) is 44.1 Å². The van der Waals surface area contributed by atoms with Crippen molar-refractivity contribution in [2.75, 3.05) is 0 Å². The summed E-state index contributed by atoms with van der Waals surface area (Å²) in [4.78, 5) is 16.9. The molecule has 2 atom stereocenters. The molecule has 5 nitrogen and oxygen atoms in total. The van der Waals surface area contributed by atoms with Gasteiger partial charge in [-0.15, -0.1) is 24.8 Å². The van der Waals surface area contributed by atoms with Crippen molar-refractivity contribution in [2.24, 2.45) is 11.7 Å². The maximum absolute atomic E-state index is 12.4. The topological polar surface area (TPSA) is 72.9 Å². The van der Waals surface area contributed by atoms with Crippen LogP contribution in [0.1, 0.15) is 63.1 Å². The Morgan fingerprint density at radius 3 is 2.60 bits per heavy atom. The molecule has 0 spiro atoms. The molecule has 168 valence electrons. The summed E-state index contributed by atoms with van der Waals surface area (Å²) in [5.74, 6) is 0.768. The minimum atomic E-state index is -0.558. The number of imidazole rings is 1. The highest BCUT2D eigenvalue weighted by Gasteiger charge is 2.19. The lowest BCUT2D eigenvalue weighted by molar-refractivity contribution is -0.123. The zero-order valence-corrected chi connectivity index (χ0v) is 19.5.